The number of nitrogens with one attached hydrogen (secondary N) is 1. The number of nitrogens with zero attached hydrogens (tertiary/aromatic N) is 2. The van der Waals surface area contributed by atoms with Crippen LogP contribution in [0.3, 0.4) is 0 Å². The van der Waals surface area contributed by atoms with Gasteiger partial charge in [0.1, 0.15) is 17.3 Å². The van der Waals surface area contributed by atoms with Crippen molar-refractivity contribution in [1.82, 2.24) is 9.55 Å². The highest BCUT2D eigenvalue weighted by Crippen LogP contribution is 2.28. The largest absolute Gasteiger partial charge is 0.435 e. The number of aromatic nitrogens is 2. The summed E-state index contributed by atoms with van der Waals surface area (Å²) in [6, 6.07) is 3.02. The molecule has 1 aromatic heterocycles. The number of nitrogens with two attached hydrogens (primary N) is 1. The number of halogens is 4. The SMILES string of the molecule is CCCCn1c(N)c(N(C)C(=O)/C=C/c2ccc(OC(F)F)cc2OC(F)F)c(=O)[nH]c1=O. The van der Waals surface area contributed by atoms with Gasteiger partial charge in [-0.3, -0.25) is 19.1 Å². The first kappa shape index (κ1) is 25.5. The summed E-state index contributed by atoms with van der Waals surface area (Å²) in [5, 5.41) is 0. The molecule has 0 aliphatic heterocycles. The van der Waals surface area contributed by atoms with Crippen LogP contribution in [0.1, 0.15) is 25.3 Å². The molecule has 13 heteroatoms. The number of unbranched alkanes of at least 4 members (excludes halogenated alkanes) is 1. The van der Waals surface area contributed by atoms with Crippen LogP contribution in [-0.2, 0) is 11.3 Å². The Bertz CT molecular complexity index is 1130. The Morgan fingerprint density at radius 3 is 2.48 bits per heavy atom. The quantitative estimate of drug-likeness (QED) is 0.404. The van der Waals surface area contributed by atoms with E-state index in [1.165, 1.54) is 7.05 Å². The highest BCUT2D eigenvalue weighted by atomic mass is 19.3. The van der Waals surface area contributed by atoms with Crippen LogP contribution in [0.15, 0.2) is 33.9 Å². The molecule has 2 rings (SSSR count). The van der Waals surface area contributed by atoms with E-state index in [9.17, 15) is 31.9 Å². The number of carbonyl (C=O) groups excluding carboxylic acids is 1. The van der Waals surface area contributed by atoms with Crippen LogP contribution in [0, 0.1) is 0 Å². The Morgan fingerprint density at radius 1 is 1.21 bits per heavy atom. The standard InChI is InChI=1S/C20H22F4N4O5/c1-3-4-9-28-16(25)15(17(30)26-20(28)31)27(2)14(29)8-6-11-5-7-12(32-18(21)22)10-13(11)33-19(23)24/h5-8,10,18-19H,3-4,9,25H2,1-2H3,(H,26,30,31)/b8-6+. The van der Waals surface area contributed by atoms with Gasteiger partial charge in [-0.15, -0.1) is 0 Å². The maximum absolute atomic E-state index is 12.7. The van der Waals surface area contributed by atoms with Crippen LogP contribution < -0.4 is 31.4 Å². The molecule has 0 bridgehead atoms. The van der Waals surface area contributed by atoms with E-state index >= 15 is 0 Å². The minimum atomic E-state index is -3.26. The Morgan fingerprint density at radius 2 is 1.88 bits per heavy atom. The van der Waals surface area contributed by atoms with E-state index < -0.39 is 41.9 Å². The van der Waals surface area contributed by atoms with E-state index in [0.717, 1.165) is 46.2 Å². The van der Waals surface area contributed by atoms with Crippen molar-refractivity contribution in [2.45, 2.75) is 39.5 Å². The second kappa shape index (κ2) is 11.2. The molecule has 0 spiro atoms. The van der Waals surface area contributed by atoms with Crippen LogP contribution in [0.2, 0.25) is 0 Å². The summed E-state index contributed by atoms with van der Waals surface area (Å²) in [6.45, 7) is -4.32. The van der Waals surface area contributed by atoms with Crippen molar-refractivity contribution < 1.29 is 31.8 Å². The molecule has 3 N–H and O–H groups in total. The molecular weight excluding hydrogens is 452 g/mol. The number of anilines is 2. The third-order valence-corrected chi connectivity index (χ3v) is 4.45. The van der Waals surface area contributed by atoms with Gasteiger partial charge in [0.25, 0.3) is 11.5 Å². The van der Waals surface area contributed by atoms with Gasteiger partial charge in [-0.05, 0) is 24.6 Å². The van der Waals surface area contributed by atoms with E-state index in [1.54, 1.807) is 0 Å². The summed E-state index contributed by atoms with van der Waals surface area (Å²) in [4.78, 5) is 39.9. The van der Waals surface area contributed by atoms with Gasteiger partial charge in [0.05, 0.1) is 0 Å². The maximum atomic E-state index is 12.7. The minimum Gasteiger partial charge on any atom is -0.435 e. The highest BCUT2D eigenvalue weighted by Gasteiger charge is 2.20. The lowest BCUT2D eigenvalue weighted by Crippen LogP contribution is -2.38. The summed E-state index contributed by atoms with van der Waals surface area (Å²) < 4.78 is 59.7. The lowest BCUT2D eigenvalue weighted by molar-refractivity contribution is -0.113. The second-order valence-electron chi connectivity index (χ2n) is 6.69. The normalized spacial score (nSPS) is 11.4. The minimum absolute atomic E-state index is 0.0477. The topological polar surface area (TPSA) is 120 Å². The number of hydrogen-bond acceptors (Lipinski definition) is 6. The zero-order valence-electron chi connectivity index (χ0n) is 17.7. The number of carbonyl (C=O) groups is 1. The number of benzene rings is 1. The van der Waals surface area contributed by atoms with Gasteiger partial charge in [-0.25, -0.2) is 4.79 Å². The summed E-state index contributed by atoms with van der Waals surface area (Å²) in [5.74, 6) is -1.93. The van der Waals surface area contributed by atoms with Crippen molar-refractivity contribution in [3.05, 3.63) is 50.7 Å². The summed E-state index contributed by atoms with van der Waals surface area (Å²) >= 11 is 0. The Balaban J connectivity index is 2.35. The van der Waals surface area contributed by atoms with E-state index in [4.69, 9.17) is 5.73 Å². The number of hydrogen-bond donors (Lipinski definition) is 2. The molecule has 180 valence electrons. The number of rotatable bonds is 10. The molecule has 0 unspecified atom stereocenters. The first-order chi connectivity index (χ1) is 15.5. The predicted molar refractivity (Wildman–Crippen MR) is 113 cm³/mol. The molecule has 0 radical (unpaired) electrons. The van der Waals surface area contributed by atoms with Gasteiger partial charge in [0.15, 0.2) is 5.69 Å². The average molecular weight is 474 g/mol. The number of H-pyrrole nitrogens is 1. The van der Waals surface area contributed by atoms with Crippen LogP contribution in [0.4, 0.5) is 29.1 Å². The van der Waals surface area contributed by atoms with Crippen molar-refractivity contribution in [3.8, 4) is 11.5 Å². The fourth-order valence-corrected chi connectivity index (χ4v) is 2.85. The molecule has 0 aliphatic carbocycles. The van der Waals surface area contributed by atoms with E-state index in [2.05, 4.69) is 14.5 Å². The summed E-state index contributed by atoms with van der Waals surface area (Å²) in [6.07, 6.45) is 3.37. The molecule has 1 aromatic carbocycles. The van der Waals surface area contributed by atoms with Crippen molar-refractivity contribution >= 4 is 23.5 Å². The molecule has 0 fully saturated rings. The predicted octanol–water partition coefficient (Wildman–Crippen LogP) is 2.80. The summed E-state index contributed by atoms with van der Waals surface area (Å²) in [5.41, 5.74) is 4.03. The van der Waals surface area contributed by atoms with Crippen molar-refractivity contribution in [3.63, 3.8) is 0 Å². The fraction of sp³-hybridized carbons (Fsp3) is 0.350. The number of amides is 1. The van der Waals surface area contributed by atoms with Gasteiger partial charge >= 0.3 is 18.9 Å². The van der Waals surface area contributed by atoms with Gasteiger partial charge in [0.2, 0.25) is 0 Å². The fourth-order valence-electron chi connectivity index (χ4n) is 2.85. The van der Waals surface area contributed by atoms with E-state index in [1.807, 2.05) is 6.92 Å². The molecule has 0 atom stereocenters. The molecule has 2 aromatic rings. The van der Waals surface area contributed by atoms with Crippen LogP contribution in [0.5, 0.6) is 11.5 Å². The third-order valence-electron chi connectivity index (χ3n) is 4.45. The van der Waals surface area contributed by atoms with Crippen molar-refractivity contribution in [1.29, 1.82) is 0 Å². The monoisotopic (exact) mass is 474 g/mol. The molecule has 1 amide bonds. The molecule has 9 nitrogen and oxygen atoms in total. The van der Waals surface area contributed by atoms with E-state index in [-0.39, 0.29) is 23.6 Å². The molecular formula is C20H22F4N4O5. The zero-order chi connectivity index (χ0) is 24.7. The number of alkyl halides is 4. The lowest BCUT2D eigenvalue weighted by atomic mass is 10.1. The number of aromatic amines is 1. The highest BCUT2D eigenvalue weighted by molar-refractivity contribution is 6.04. The zero-order valence-corrected chi connectivity index (χ0v) is 17.7. The van der Waals surface area contributed by atoms with Crippen LogP contribution >= 0.6 is 0 Å². The van der Waals surface area contributed by atoms with Gasteiger partial charge in [-0.2, -0.15) is 17.6 Å². The number of ether oxygens (including phenoxy) is 2. The molecule has 0 saturated heterocycles. The van der Waals surface area contributed by atoms with E-state index in [0.29, 0.717) is 6.42 Å². The van der Waals surface area contributed by atoms with Crippen LogP contribution in [0.25, 0.3) is 6.08 Å². The third kappa shape index (κ3) is 6.60. The second-order valence-corrected chi connectivity index (χ2v) is 6.69. The van der Waals surface area contributed by atoms with Crippen molar-refractivity contribution in [2.75, 3.05) is 17.7 Å². The maximum Gasteiger partial charge on any atom is 0.387 e. The smallest absolute Gasteiger partial charge is 0.387 e. The number of likely N-dealkylation sites (N-methyl/N-ethyl adjacent to an activating group) is 1. The Hall–Kier alpha value is -3.77. The summed E-state index contributed by atoms with van der Waals surface area (Å²) in [7, 11) is 1.23. The van der Waals surface area contributed by atoms with Gasteiger partial charge < -0.3 is 20.1 Å². The Labute approximate surface area is 185 Å². The van der Waals surface area contributed by atoms with Crippen LogP contribution in [-0.4, -0.2) is 35.7 Å². The van der Waals surface area contributed by atoms with Gasteiger partial charge in [-0.1, -0.05) is 13.3 Å². The molecule has 0 aliphatic rings. The first-order valence-corrected chi connectivity index (χ1v) is 9.67. The molecule has 1 heterocycles. The van der Waals surface area contributed by atoms with Crippen molar-refractivity contribution in [2.24, 2.45) is 0 Å². The molecule has 33 heavy (non-hydrogen) atoms. The van der Waals surface area contributed by atoms with Gasteiger partial charge in [0, 0.05) is 31.3 Å². The first-order valence-electron chi connectivity index (χ1n) is 9.67. The average Bonchev–Trinajstić information content (AvgIpc) is 2.71. The Kier molecular flexibility index (Phi) is 8.65. The number of nitrogen functional groups attached to an aromatic ring is 1. The molecule has 0 saturated carbocycles. The lowest BCUT2D eigenvalue weighted by Gasteiger charge is -2.19.